The van der Waals surface area contributed by atoms with Crippen molar-refractivity contribution in [3.63, 3.8) is 0 Å². The van der Waals surface area contributed by atoms with Gasteiger partial charge in [0.15, 0.2) is 15.9 Å². The number of pyridine rings is 1. The first kappa shape index (κ1) is 21.4. The minimum absolute atomic E-state index is 0.0205. The van der Waals surface area contributed by atoms with E-state index >= 15 is 0 Å². The molecule has 11 heteroatoms. The predicted molar refractivity (Wildman–Crippen MR) is 121 cm³/mol. The lowest BCUT2D eigenvalue weighted by atomic mass is 10.1. The summed E-state index contributed by atoms with van der Waals surface area (Å²) in [6, 6.07) is 4.22. The van der Waals surface area contributed by atoms with Crippen molar-refractivity contribution in [2.75, 3.05) is 0 Å². The van der Waals surface area contributed by atoms with Crippen molar-refractivity contribution < 1.29 is 9.84 Å². The monoisotopic (exact) mass is 492 g/mol. The van der Waals surface area contributed by atoms with Crippen molar-refractivity contribution in [1.82, 2.24) is 19.5 Å². The molecule has 0 fully saturated rings. The summed E-state index contributed by atoms with van der Waals surface area (Å²) in [7, 11) is 0. The van der Waals surface area contributed by atoms with Crippen molar-refractivity contribution in [3.8, 4) is 35.1 Å². The number of hydrogen-bond acceptors (Lipinski definition) is 7. The third-order valence-electron chi connectivity index (χ3n) is 4.23. The number of benzene rings is 1. The molecule has 1 aromatic carbocycles. The number of fused-ring (bicyclic) bond motifs is 1. The number of rotatable bonds is 5. The van der Waals surface area contributed by atoms with Crippen LogP contribution in [0.25, 0.3) is 22.4 Å². The van der Waals surface area contributed by atoms with Gasteiger partial charge in [0.05, 0.1) is 38.9 Å². The average molecular weight is 494 g/mol. The van der Waals surface area contributed by atoms with Crippen LogP contribution in [0.15, 0.2) is 35.4 Å². The zero-order chi connectivity index (χ0) is 22.1. The molecule has 0 saturated carbocycles. The first-order chi connectivity index (χ1) is 14.9. The van der Waals surface area contributed by atoms with Crippen LogP contribution in [0.3, 0.4) is 0 Å². The van der Waals surface area contributed by atoms with Gasteiger partial charge in [0.2, 0.25) is 0 Å². The Bertz CT molecular complexity index is 1410. The van der Waals surface area contributed by atoms with Gasteiger partial charge in [-0.25, -0.2) is 15.0 Å². The number of aromatic nitrogens is 4. The topological polar surface area (TPSA) is 90.1 Å². The van der Waals surface area contributed by atoms with Crippen molar-refractivity contribution >= 4 is 57.3 Å². The fourth-order valence-corrected chi connectivity index (χ4v) is 4.24. The van der Waals surface area contributed by atoms with Gasteiger partial charge in [-0.2, -0.15) is 0 Å². The lowest BCUT2D eigenvalue weighted by Gasteiger charge is -2.15. The molecule has 0 amide bonds. The molecular formula is C20H11Cl3N4O3S. The van der Waals surface area contributed by atoms with Crippen LogP contribution in [-0.2, 0) is 13.2 Å². The maximum atomic E-state index is 12.1. The first-order valence-electron chi connectivity index (χ1n) is 8.63. The Morgan fingerprint density at radius 1 is 1.19 bits per heavy atom. The molecule has 0 spiro atoms. The summed E-state index contributed by atoms with van der Waals surface area (Å²) in [6.07, 6.45) is 8.34. The second-order valence-corrected chi connectivity index (χ2v) is 8.70. The Kier molecular flexibility index (Phi) is 6.03. The number of thiazole rings is 1. The maximum absolute atomic E-state index is 12.1. The summed E-state index contributed by atoms with van der Waals surface area (Å²) in [4.78, 5) is 25.7. The van der Waals surface area contributed by atoms with E-state index in [1.807, 2.05) is 0 Å². The van der Waals surface area contributed by atoms with E-state index in [0.29, 0.717) is 25.8 Å². The van der Waals surface area contributed by atoms with Crippen molar-refractivity contribution in [3.05, 3.63) is 60.3 Å². The molecule has 0 radical (unpaired) electrons. The quantitative estimate of drug-likeness (QED) is 0.402. The summed E-state index contributed by atoms with van der Waals surface area (Å²) < 4.78 is 7.54. The first-order valence-corrected chi connectivity index (χ1v) is 10.6. The molecule has 0 aliphatic carbocycles. The van der Waals surface area contributed by atoms with E-state index < -0.39 is 5.56 Å². The van der Waals surface area contributed by atoms with Gasteiger partial charge < -0.3 is 9.84 Å². The lowest BCUT2D eigenvalue weighted by Crippen LogP contribution is -2.20. The van der Waals surface area contributed by atoms with Gasteiger partial charge in [-0.1, -0.05) is 40.7 Å². The number of nitrogens with zero attached hydrogens (tertiary/aromatic N) is 4. The molecule has 0 aliphatic rings. The van der Waals surface area contributed by atoms with Gasteiger partial charge in [0, 0.05) is 12.3 Å². The molecule has 0 unspecified atom stereocenters. The van der Waals surface area contributed by atoms with Gasteiger partial charge in [-0.05, 0) is 12.1 Å². The van der Waals surface area contributed by atoms with Crippen molar-refractivity contribution in [1.29, 1.82) is 0 Å². The van der Waals surface area contributed by atoms with Crippen LogP contribution in [0, 0.1) is 12.3 Å². The van der Waals surface area contributed by atoms with E-state index in [2.05, 4.69) is 20.9 Å². The Hall–Kier alpha value is -2.83. The summed E-state index contributed by atoms with van der Waals surface area (Å²) in [6.45, 7) is 0.138. The largest absolute Gasteiger partial charge is 0.505 e. The summed E-state index contributed by atoms with van der Waals surface area (Å²) >= 11 is 20.0. The Labute approximate surface area is 194 Å². The molecule has 31 heavy (non-hydrogen) atoms. The van der Waals surface area contributed by atoms with Crippen LogP contribution in [0.4, 0.5) is 0 Å². The third kappa shape index (κ3) is 4.18. The minimum Gasteiger partial charge on any atom is -0.505 e. The van der Waals surface area contributed by atoms with Gasteiger partial charge in [0.1, 0.15) is 17.9 Å². The van der Waals surface area contributed by atoms with Gasteiger partial charge in [0.25, 0.3) is 5.56 Å². The summed E-state index contributed by atoms with van der Waals surface area (Å²) in [5.41, 5.74) is 0.417. The molecule has 156 valence electrons. The van der Waals surface area contributed by atoms with E-state index in [9.17, 15) is 9.90 Å². The zero-order valence-electron chi connectivity index (χ0n) is 15.5. The number of hydrogen-bond donors (Lipinski definition) is 1. The number of ether oxygens (including phenoxy) is 1. The summed E-state index contributed by atoms with van der Waals surface area (Å²) in [5, 5.41) is 10.9. The van der Waals surface area contributed by atoms with Crippen LogP contribution < -0.4 is 10.3 Å². The highest BCUT2D eigenvalue weighted by Gasteiger charge is 2.20. The van der Waals surface area contributed by atoms with E-state index in [4.69, 9.17) is 46.0 Å². The number of aromatic hydroxyl groups is 1. The molecule has 0 atom stereocenters. The number of halogens is 3. The molecule has 4 aromatic rings. The molecule has 0 bridgehead atoms. The highest BCUT2D eigenvalue weighted by molar-refractivity contribution is 7.15. The van der Waals surface area contributed by atoms with Gasteiger partial charge in [-0.3, -0.25) is 9.36 Å². The predicted octanol–water partition coefficient (Wildman–Crippen LogP) is 4.79. The van der Waals surface area contributed by atoms with Gasteiger partial charge in [-0.15, -0.1) is 17.8 Å². The second kappa shape index (κ2) is 8.73. The maximum Gasteiger partial charge on any atom is 0.256 e. The van der Waals surface area contributed by atoms with Crippen molar-refractivity contribution in [2.24, 2.45) is 0 Å². The Morgan fingerprint density at radius 2 is 1.97 bits per heavy atom. The molecule has 7 nitrogen and oxygen atoms in total. The van der Waals surface area contributed by atoms with E-state index in [1.54, 1.807) is 18.3 Å². The van der Waals surface area contributed by atoms with Crippen LogP contribution in [0.5, 0.6) is 11.5 Å². The van der Waals surface area contributed by atoms with Crippen LogP contribution in [-0.4, -0.2) is 24.6 Å². The van der Waals surface area contributed by atoms with E-state index in [1.165, 1.54) is 22.1 Å². The lowest BCUT2D eigenvalue weighted by molar-refractivity contribution is 0.311. The van der Waals surface area contributed by atoms with E-state index in [0.717, 1.165) is 10.9 Å². The summed E-state index contributed by atoms with van der Waals surface area (Å²) in [5.74, 6) is 2.33. The fourth-order valence-electron chi connectivity index (χ4n) is 2.89. The Balaban J connectivity index is 1.84. The van der Waals surface area contributed by atoms with E-state index in [-0.39, 0.29) is 35.8 Å². The highest BCUT2D eigenvalue weighted by atomic mass is 35.5. The smallest absolute Gasteiger partial charge is 0.256 e. The van der Waals surface area contributed by atoms with Crippen molar-refractivity contribution in [2.45, 2.75) is 13.2 Å². The highest BCUT2D eigenvalue weighted by Crippen LogP contribution is 2.41. The van der Waals surface area contributed by atoms with Crippen LogP contribution >= 0.6 is 46.1 Å². The fraction of sp³-hybridized carbons (Fsp3) is 0.100. The normalized spacial score (nSPS) is 10.9. The molecular weight excluding hydrogens is 483 g/mol. The molecule has 3 heterocycles. The average Bonchev–Trinajstić information content (AvgIpc) is 3.16. The second-order valence-electron chi connectivity index (χ2n) is 6.19. The zero-order valence-corrected chi connectivity index (χ0v) is 18.6. The SMILES string of the molecule is C#CCn1c(=O)cc(O)c2nc(-c3c(Cl)ccc(Cl)c3OCc3cnc(Cl)s3)cnc21. The molecule has 0 aliphatic heterocycles. The molecule has 3 aromatic heterocycles. The minimum atomic E-state index is -0.488. The Morgan fingerprint density at radius 3 is 2.68 bits per heavy atom. The van der Waals surface area contributed by atoms with Crippen LogP contribution in [0.2, 0.25) is 14.5 Å². The van der Waals surface area contributed by atoms with Crippen LogP contribution in [0.1, 0.15) is 4.88 Å². The molecule has 4 rings (SSSR count). The standard InChI is InChI=1S/C20H11Cl3N4O3S/c1-2-5-27-15(29)6-14(28)17-19(27)24-8-13(26-17)16-11(21)3-4-12(22)18(16)30-9-10-7-25-20(23)31-10/h1,3-4,6-8,28H,5,9H2. The molecule has 0 saturated heterocycles. The molecule has 1 N–H and O–H groups in total. The third-order valence-corrected chi connectivity index (χ3v) is 5.93. The number of terminal acetylenes is 1. The van der Waals surface area contributed by atoms with Gasteiger partial charge >= 0.3 is 0 Å².